The maximum absolute atomic E-state index is 13.3. The van der Waals surface area contributed by atoms with Gasteiger partial charge in [-0.25, -0.2) is 9.37 Å². The van der Waals surface area contributed by atoms with E-state index in [-0.39, 0.29) is 5.82 Å². The van der Waals surface area contributed by atoms with Gasteiger partial charge in [-0.2, -0.15) is 0 Å². The minimum absolute atomic E-state index is 0.183. The summed E-state index contributed by atoms with van der Waals surface area (Å²) in [6, 6.07) is 5.42. The zero-order valence-electron chi connectivity index (χ0n) is 12.7. The molecule has 0 amide bonds. The topological polar surface area (TPSA) is 24.9 Å². The third-order valence-electron chi connectivity index (χ3n) is 3.78. The van der Waals surface area contributed by atoms with Gasteiger partial charge in [-0.05, 0) is 43.5 Å². The van der Waals surface area contributed by atoms with Gasteiger partial charge in [0.2, 0.25) is 0 Å². The van der Waals surface area contributed by atoms with Crippen LogP contribution in [0.2, 0.25) is 0 Å². The summed E-state index contributed by atoms with van der Waals surface area (Å²) in [6.45, 7) is 7.13. The van der Waals surface area contributed by atoms with E-state index in [2.05, 4.69) is 19.2 Å². The number of halogens is 1. The van der Waals surface area contributed by atoms with Crippen LogP contribution in [0.15, 0.2) is 18.2 Å². The molecule has 112 valence electrons. The second kappa shape index (κ2) is 5.85. The molecule has 1 aliphatic carbocycles. The predicted molar refractivity (Wildman–Crippen MR) is 86.2 cm³/mol. The number of thiazole rings is 1. The average Bonchev–Trinajstić information content (AvgIpc) is 3.17. The highest BCUT2D eigenvalue weighted by Gasteiger charge is 2.29. The second-order valence-electron chi connectivity index (χ2n) is 6.10. The van der Waals surface area contributed by atoms with Crippen molar-refractivity contribution in [1.82, 2.24) is 10.3 Å². The van der Waals surface area contributed by atoms with Gasteiger partial charge in [0.1, 0.15) is 10.8 Å². The van der Waals surface area contributed by atoms with E-state index in [0.717, 1.165) is 22.7 Å². The van der Waals surface area contributed by atoms with Crippen LogP contribution >= 0.6 is 11.3 Å². The first kappa shape index (κ1) is 14.7. The normalized spacial score (nSPS) is 14.9. The number of aryl methyl sites for hydroxylation is 1. The Morgan fingerprint density at radius 1 is 1.38 bits per heavy atom. The van der Waals surface area contributed by atoms with Crippen molar-refractivity contribution in [2.75, 3.05) is 0 Å². The summed E-state index contributed by atoms with van der Waals surface area (Å²) in [4.78, 5) is 6.20. The maximum Gasteiger partial charge on any atom is 0.124 e. The summed E-state index contributed by atoms with van der Waals surface area (Å²) < 4.78 is 13.3. The van der Waals surface area contributed by atoms with Gasteiger partial charge in [0.15, 0.2) is 0 Å². The molecule has 2 nitrogen and oxygen atoms in total. The number of nitrogens with zero attached hydrogens (tertiary/aromatic N) is 1. The SMILES string of the molecule is Cc1cc(F)ccc1-c1nc(C2CC2)c(CNC(C)C)s1. The third-order valence-corrected chi connectivity index (χ3v) is 4.89. The van der Waals surface area contributed by atoms with Gasteiger partial charge in [0.25, 0.3) is 0 Å². The highest BCUT2D eigenvalue weighted by atomic mass is 32.1. The van der Waals surface area contributed by atoms with Crippen LogP contribution in [-0.4, -0.2) is 11.0 Å². The third kappa shape index (κ3) is 3.33. The van der Waals surface area contributed by atoms with Gasteiger partial charge < -0.3 is 5.32 Å². The molecule has 0 radical (unpaired) electrons. The summed E-state index contributed by atoms with van der Waals surface area (Å²) in [5.74, 6) is 0.455. The van der Waals surface area contributed by atoms with Crippen molar-refractivity contribution in [3.05, 3.63) is 40.2 Å². The predicted octanol–water partition coefficient (Wildman–Crippen LogP) is 4.63. The minimum Gasteiger partial charge on any atom is -0.310 e. The lowest BCUT2D eigenvalue weighted by molar-refractivity contribution is 0.590. The van der Waals surface area contributed by atoms with E-state index in [1.807, 2.05) is 13.0 Å². The van der Waals surface area contributed by atoms with Gasteiger partial charge >= 0.3 is 0 Å². The standard InChI is InChI=1S/C17H21FN2S/c1-10(2)19-9-15-16(12-4-5-12)20-17(21-15)14-7-6-13(18)8-11(14)3/h6-8,10,12,19H,4-5,9H2,1-3H3. The van der Waals surface area contributed by atoms with E-state index < -0.39 is 0 Å². The van der Waals surface area contributed by atoms with Gasteiger partial charge in [-0.3, -0.25) is 0 Å². The van der Waals surface area contributed by atoms with Crippen molar-refractivity contribution >= 4 is 11.3 Å². The molecule has 1 aromatic carbocycles. The lowest BCUT2D eigenvalue weighted by Gasteiger charge is -2.07. The van der Waals surface area contributed by atoms with E-state index in [1.54, 1.807) is 17.4 Å². The smallest absolute Gasteiger partial charge is 0.124 e. The Morgan fingerprint density at radius 3 is 2.76 bits per heavy atom. The highest BCUT2D eigenvalue weighted by molar-refractivity contribution is 7.15. The Balaban J connectivity index is 1.93. The molecule has 1 N–H and O–H groups in total. The fourth-order valence-corrected chi connectivity index (χ4v) is 3.63. The molecule has 0 aliphatic heterocycles. The van der Waals surface area contributed by atoms with Crippen LogP contribution in [0.25, 0.3) is 10.6 Å². The van der Waals surface area contributed by atoms with Crippen LogP contribution in [0.5, 0.6) is 0 Å². The Morgan fingerprint density at radius 2 is 2.14 bits per heavy atom. The number of nitrogens with one attached hydrogen (secondary N) is 1. The van der Waals surface area contributed by atoms with Gasteiger partial charge in [-0.15, -0.1) is 11.3 Å². The van der Waals surface area contributed by atoms with Gasteiger partial charge in [0, 0.05) is 28.9 Å². The molecule has 2 aromatic rings. The molecule has 3 rings (SSSR count). The molecule has 1 heterocycles. The van der Waals surface area contributed by atoms with Crippen LogP contribution in [0, 0.1) is 12.7 Å². The molecule has 4 heteroatoms. The van der Waals surface area contributed by atoms with Crippen molar-refractivity contribution < 1.29 is 4.39 Å². The van der Waals surface area contributed by atoms with Crippen molar-refractivity contribution in [1.29, 1.82) is 0 Å². The Labute approximate surface area is 129 Å². The van der Waals surface area contributed by atoms with Crippen molar-refractivity contribution in [2.24, 2.45) is 0 Å². The van der Waals surface area contributed by atoms with Crippen molar-refractivity contribution in [3.8, 4) is 10.6 Å². The van der Waals surface area contributed by atoms with Gasteiger partial charge in [0.05, 0.1) is 5.69 Å². The summed E-state index contributed by atoms with van der Waals surface area (Å²) in [7, 11) is 0. The van der Waals surface area contributed by atoms with Crippen molar-refractivity contribution in [3.63, 3.8) is 0 Å². The number of hydrogen-bond donors (Lipinski definition) is 1. The molecule has 1 aliphatic rings. The number of hydrogen-bond acceptors (Lipinski definition) is 3. The minimum atomic E-state index is -0.183. The van der Waals surface area contributed by atoms with E-state index in [0.29, 0.717) is 12.0 Å². The lowest BCUT2D eigenvalue weighted by Crippen LogP contribution is -2.21. The first-order valence-corrected chi connectivity index (χ1v) is 8.35. The van der Waals surface area contributed by atoms with E-state index in [9.17, 15) is 4.39 Å². The Kier molecular flexibility index (Phi) is 4.09. The summed E-state index contributed by atoms with van der Waals surface area (Å²) in [5.41, 5.74) is 3.26. The zero-order chi connectivity index (χ0) is 15.0. The molecular weight excluding hydrogens is 283 g/mol. The first-order valence-electron chi connectivity index (χ1n) is 7.54. The van der Waals surface area contributed by atoms with E-state index in [1.165, 1.54) is 29.5 Å². The van der Waals surface area contributed by atoms with E-state index >= 15 is 0 Å². The number of benzene rings is 1. The molecule has 1 saturated carbocycles. The quantitative estimate of drug-likeness (QED) is 0.871. The molecule has 0 spiro atoms. The molecule has 0 unspecified atom stereocenters. The zero-order valence-corrected chi connectivity index (χ0v) is 13.6. The molecule has 21 heavy (non-hydrogen) atoms. The van der Waals surface area contributed by atoms with E-state index in [4.69, 9.17) is 4.98 Å². The fraction of sp³-hybridized carbons (Fsp3) is 0.471. The monoisotopic (exact) mass is 304 g/mol. The average molecular weight is 304 g/mol. The van der Waals surface area contributed by atoms with Crippen LogP contribution < -0.4 is 5.32 Å². The van der Waals surface area contributed by atoms with Crippen molar-refractivity contribution in [2.45, 2.75) is 52.1 Å². The number of aromatic nitrogens is 1. The fourth-order valence-electron chi connectivity index (χ4n) is 2.44. The molecule has 0 atom stereocenters. The molecule has 1 aromatic heterocycles. The van der Waals surface area contributed by atoms with Crippen LogP contribution in [0.1, 0.15) is 48.7 Å². The number of rotatable bonds is 5. The van der Waals surface area contributed by atoms with Crippen LogP contribution in [-0.2, 0) is 6.54 Å². The Hall–Kier alpha value is -1.26. The first-order chi connectivity index (χ1) is 10.0. The molecule has 0 bridgehead atoms. The summed E-state index contributed by atoms with van der Waals surface area (Å²) in [6.07, 6.45) is 2.50. The summed E-state index contributed by atoms with van der Waals surface area (Å²) in [5, 5.41) is 4.51. The van der Waals surface area contributed by atoms with Crippen LogP contribution in [0.3, 0.4) is 0 Å². The van der Waals surface area contributed by atoms with Crippen LogP contribution in [0.4, 0.5) is 4.39 Å². The largest absolute Gasteiger partial charge is 0.310 e. The summed E-state index contributed by atoms with van der Waals surface area (Å²) >= 11 is 1.75. The molecule has 1 fully saturated rings. The maximum atomic E-state index is 13.3. The Bertz CT molecular complexity index is 644. The lowest BCUT2D eigenvalue weighted by atomic mass is 10.1. The highest BCUT2D eigenvalue weighted by Crippen LogP contribution is 2.44. The molecular formula is C17H21FN2S. The van der Waals surface area contributed by atoms with Gasteiger partial charge in [-0.1, -0.05) is 13.8 Å². The second-order valence-corrected chi connectivity index (χ2v) is 7.18. The molecule has 0 saturated heterocycles.